The average molecular weight is 376 g/mol. The first-order chi connectivity index (χ1) is 13.0. The Morgan fingerprint density at radius 1 is 0.741 bits per heavy atom. The van der Waals surface area contributed by atoms with Crippen molar-refractivity contribution in [1.29, 1.82) is 0 Å². The number of carboxylic acids is 1. The number of aliphatic carboxylic acids is 1. The van der Waals surface area contributed by atoms with Gasteiger partial charge >= 0.3 is 5.97 Å². The van der Waals surface area contributed by atoms with Crippen LogP contribution in [0.3, 0.4) is 0 Å². The third kappa shape index (κ3) is 18.4. The van der Waals surface area contributed by atoms with Crippen LogP contribution in [0.15, 0.2) is 72.9 Å². The fourth-order valence-electron chi connectivity index (χ4n) is 1.93. The zero-order chi connectivity index (χ0) is 20.3. The Kier molecular flexibility index (Phi) is 15.8. The molecule has 0 bridgehead atoms. The van der Waals surface area contributed by atoms with E-state index in [1.165, 1.54) is 6.08 Å². The van der Waals surface area contributed by atoms with E-state index in [1.54, 1.807) is 48.6 Å². The number of rotatable bonds is 14. The van der Waals surface area contributed by atoms with Gasteiger partial charge in [-0.3, -0.25) is 4.79 Å². The van der Waals surface area contributed by atoms with Crippen LogP contribution in [0.1, 0.15) is 39.0 Å². The van der Waals surface area contributed by atoms with Gasteiger partial charge in [-0.1, -0.05) is 79.8 Å². The van der Waals surface area contributed by atoms with Gasteiger partial charge in [0.15, 0.2) is 0 Å². The Hall–Kier alpha value is -2.21. The van der Waals surface area contributed by atoms with Crippen LogP contribution in [-0.4, -0.2) is 44.7 Å². The summed E-state index contributed by atoms with van der Waals surface area (Å²) >= 11 is 0. The second-order valence-electron chi connectivity index (χ2n) is 5.95. The summed E-state index contributed by atoms with van der Waals surface area (Å²) in [6.07, 6.45) is 21.2. The van der Waals surface area contributed by atoms with Gasteiger partial charge in [0.2, 0.25) is 0 Å². The molecule has 0 aliphatic carbocycles. The molecule has 1 unspecified atom stereocenters. The largest absolute Gasteiger partial charge is 0.481 e. The summed E-state index contributed by atoms with van der Waals surface area (Å²) in [5.74, 6) is -0.931. The van der Waals surface area contributed by atoms with Crippen molar-refractivity contribution in [3.05, 3.63) is 72.9 Å². The monoisotopic (exact) mass is 376 g/mol. The predicted molar refractivity (Wildman–Crippen MR) is 109 cm³/mol. The van der Waals surface area contributed by atoms with Crippen LogP contribution in [0.5, 0.6) is 0 Å². The van der Waals surface area contributed by atoms with Crippen molar-refractivity contribution in [1.82, 2.24) is 0 Å². The highest BCUT2D eigenvalue weighted by Crippen LogP contribution is 2.00. The molecular weight excluding hydrogens is 344 g/mol. The van der Waals surface area contributed by atoms with Gasteiger partial charge in [0, 0.05) is 6.42 Å². The number of aliphatic hydroxyl groups excluding tert-OH is 3. The summed E-state index contributed by atoms with van der Waals surface area (Å²) < 4.78 is 0. The van der Waals surface area contributed by atoms with Crippen LogP contribution in [0.4, 0.5) is 0 Å². The van der Waals surface area contributed by atoms with E-state index >= 15 is 0 Å². The van der Waals surface area contributed by atoms with Gasteiger partial charge in [-0.05, 0) is 25.7 Å². The maximum absolute atomic E-state index is 10.4. The number of hydrogen-bond donors (Lipinski definition) is 4. The second kappa shape index (κ2) is 17.2. The topological polar surface area (TPSA) is 98.0 Å². The number of allylic oxidation sites excluding steroid dienone is 7. The van der Waals surface area contributed by atoms with Crippen molar-refractivity contribution in [3.63, 3.8) is 0 Å². The maximum atomic E-state index is 10.4. The van der Waals surface area contributed by atoms with E-state index in [2.05, 4.69) is 0 Å². The average Bonchev–Trinajstić information content (AvgIpc) is 2.62. The molecule has 4 N–H and O–H groups in total. The standard InChI is InChI=1S/C22H32O5/c1-2-3-7-12-19(23)14-10-6-11-15-20(24)13-8-4-5-9-16-21(25)17-18-22(26)27/h3-11,13-14,16,19-21,23-25H,2,12,15,17-18H2,1H3,(H,26,27)/b5-4+,7-3-,11-6-,13-8+,14-10+,16-9?/t19-,20?,21-/m1/s1. The number of aliphatic hydroxyl groups is 3. The summed E-state index contributed by atoms with van der Waals surface area (Å²) in [4.78, 5) is 10.4. The van der Waals surface area contributed by atoms with Crippen LogP contribution < -0.4 is 0 Å². The molecule has 0 aliphatic rings. The molecule has 150 valence electrons. The molecule has 5 nitrogen and oxygen atoms in total. The molecule has 0 aromatic heterocycles. The molecule has 0 amide bonds. The molecule has 0 saturated heterocycles. The molecule has 5 heteroatoms. The van der Waals surface area contributed by atoms with E-state index in [9.17, 15) is 20.1 Å². The van der Waals surface area contributed by atoms with Crippen LogP contribution in [0, 0.1) is 0 Å². The number of carbonyl (C=O) groups is 1. The molecule has 0 saturated carbocycles. The smallest absolute Gasteiger partial charge is 0.303 e. The van der Waals surface area contributed by atoms with E-state index in [4.69, 9.17) is 5.11 Å². The Bertz CT molecular complexity index is 555. The third-order valence-electron chi connectivity index (χ3n) is 3.39. The second-order valence-corrected chi connectivity index (χ2v) is 5.95. The van der Waals surface area contributed by atoms with Crippen LogP contribution in [0.2, 0.25) is 0 Å². The zero-order valence-electron chi connectivity index (χ0n) is 15.9. The van der Waals surface area contributed by atoms with Crippen molar-refractivity contribution >= 4 is 5.97 Å². The normalized spacial score (nSPS) is 16.6. The van der Waals surface area contributed by atoms with E-state index < -0.39 is 24.3 Å². The minimum Gasteiger partial charge on any atom is -0.481 e. The minimum absolute atomic E-state index is 0.0705. The molecule has 0 fully saturated rings. The zero-order valence-corrected chi connectivity index (χ0v) is 15.9. The van der Waals surface area contributed by atoms with Crippen molar-refractivity contribution in [2.75, 3.05) is 0 Å². The number of hydrogen-bond acceptors (Lipinski definition) is 4. The fourth-order valence-corrected chi connectivity index (χ4v) is 1.93. The van der Waals surface area contributed by atoms with E-state index in [1.807, 2.05) is 25.2 Å². The first kappa shape index (κ1) is 24.8. The Morgan fingerprint density at radius 2 is 1.26 bits per heavy atom. The van der Waals surface area contributed by atoms with Crippen LogP contribution >= 0.6 is 0 Å². The third-order valence-corrected chi connectivity index (χ3v) is 3.39. The lowest BCUT2D eigenvalue weighted by molar-refractivity contribution is -0.137. The summed E-state index contributed by atoms with van der Waals surface area (Å²) in [7, 11) is 0. The van der Waals surface area contributed by atoms with Gasteiger partial charge in [0.1, 0.15) is 0 Å². The first-order valence-corrected chi connectivity index (χ1v) is 9.21. The fraction of sp³-hybridized carbons (Fsp3) is 0.409. The SMILES string of the molecule is CC/C=C\C[C@@H](O)/C=C/C=C\CC(O)/C=C/C=C/C=C[C@@H](O)CCC(=O)O. The van der Waals surface area contributed by atoms with Gasteiger partial charge in [-0.25, -0.2) is 0 Å². The highest BCUT2D eigenvalue weighted by atomic mass is 16.4. The summed E-state index contributed by atoms with van der Waals surface area (Å²) in [6, 6.07) is 0. The molecule has 0 aliphatic heterocycles. The first-order valence-electron chi connectivity index (χ1n) is 9.21. The molecule has 0 aromatic rings. The molecule has 0 heterocycles. The highest BCUT2D eigenvalue weighted by molar-refractivity contribution is 5.66. The minimum atomic E-state index is -0.931. The summed E-state index contributed by atoms with van der Waals surface area (Å²) in [6.45, 7) is 2.04. The quantitative estimate of drug-likeness (QED) is 0.275. The molecule has 0 radical (unpaired) electrons. The van der Waals surface area contributed by atoms with E-state index in [0.717, 1.165) is 6.42 Å². The number of carboxylic acid groups (broad SMARTS) is 1. The Balaban J connectivity index is 4.01. The molecule has 0 aromatic carbocycles. The van der Waals surface area contributed by atoms with Crippen LogP contribution in [0.25, 0.3) is 0 Å². The van der Waals surface area contributed by atoms with E-state index in [0.29, 0.717) is 12.8 Å². The van der Waals surface area contributed by atoms with E-state index in [-0.39, 0.29) is 12.8 Å². The van der Waals surface area contributed by atoms with Crippen molar-refractivity contribution in [3.8, 4) is 0 Å². The van der Waals surface area contributed by atoms with Gasteiger partial charge in [-0.2, -0.15) is 0 Å². The summed E-state index contributed by atoms with van der Waals surface area (Å²) in [5.41, 5.74) is 0. The molecular formula is C22H32O5. The lowest BCUT2D eigenvalue weighted by atomic mass is 10.2. The van der Waals surface area contributed by atoms with Gasteiger partial charge in [-0.15, -0.1) is 0 Å². The molecule has 0 spiro atoms. The summed E-state index contributed by atoms with van der Waals surface area (Å²) in [5, 5.41) is 37.5. The maximum Gasteiger partial charge on any atom is 0.303 e. The van der Waals surface area contributed by atoms with Gasteiger partial charge in [0.25, 0.3) is 0 Å². The molecule has 0 rings (SSSR count). The lowest BCUT2D eigenvalue weighted by Crippen LogP contribution is -2.05. The Labute approximate surface area is 162 Å². The molecule has 27 heavy (non-hydrogen) atoms. The Morgan fingerprint density at radius 3 is 1.81 bits per heavy atom. The van der Waals surface area contributed by atoms with Gasteiger partial charge < -0.3 is 20.4 Å². The highest BCUT2D eigenvalue weighted by Gasteiger charge is 2.02. The van der Waals surface area contributed by atoms with Crippen molar-refractivity contribution in [2.45, 2.75) is 57.3 Å². The van der Waals surface area contributed by atoms with Crippen molar-refractivity contribution < 1.29 is 25.2 Å². The van der Waals surface area contributed by atoms with Crippen molar-refractivity contribution in [2.24, 2.45) is 0 Å². The van der Waals surface area contributed by atoms with Crippen LogP contribution in [-0.2, 0) is 4.79 Å². The van der Waals surface area contributed by atoms with Gasteiger partial charge in [0.05, 0.1) is 18.3 Å². The predicted octanol–water partition coefficient (Wildman–Crippen LogP) is 3.46. The molecule has 3 atom stereocenters. The lowest BCUT2D eigenvalue weighted by Gasteiger charge is -2.00.